The minimum Gasteiger partial charge on any atom is -0.348 e. The maximum atomic E-state index is 12.6. The molecule has 0 fully saturated rings. The molecule has 0 aliphatic carbocycles. The molecule has 0 aliphatic heterocycles. The van der Waals surface area contributed by atoms with Gasteiger partial charge in [0.25, 0.3) is 11.8 Å². The van der Waals surface area contributed by atoms with Gasteiger partial charge in [-0.05, 0) is 42.3 Å². The molecule has 1 atom stereocenters. The Bertz CT molecular complexity index is 973. The van der Waals surface area contributed by atoms with Crippen molar-refractivity contribution in [3.8, 4) is 0 Å². The van der Waals surface area contributed by atoms with Crippen LogP contribution in [0, 0.1) is 0 Å². The molecule has 0 heterocycles. The van der Waals surface area contributed by atoms with Gasteiger partial charge >= 0.3 is 0 Å². The molecule has 4 nitrogen and oxygen atoms in total. The van der Waals surface area contributed by atoms with E-state index in [0.717, 1.165) is 11.1 Å². The fourth-order valence-corrected chi connectivity index (χ4v) is 3.03. The van der Waals surface area contributed by atoms with E-state index in [-0.39, 0.29) is 17.9 Å². The Hall–Kier alpha value is -3.11. The second-order valence-corrected chi connectivity index (χ2v) is 6.87. The standard InChI is InChI=1S/C23H21ClN2O2/c1-16(17-8-3-2-4-9-17)26-23(28)19-12-7-11-18(14-19)22(27)25-15-20-10-5-6-13-21(20)24/h2-14,16H,15H2,1H3,(H,25,27)(H,26,28). The number of benzene rings is 3. The third-order valence-electron chi connectivity index (χ3n) is 4.43. The Morgan fingerprint density at radius 1 is 0.857 bits per heavy atom. The molecule has 3 rings (SSSR count). The molecule has 0 aromatic heterocycles. The molecule has 1 unspecified atom stereocenters. The number of rotatable bonds is 6. The minimum atomic E-state index is -0.259. The Kier molecular flexibility index (Phi) is 6.45. The molecular formula is C23H21ClN2O2. The molecule has 0 spiro atoms. The monoisotopic (exact) mass is 392 g/mol. The fourth-order valence-electron chi connectivity index (χ4n) is 2.83. The number of carbonyl (C=O) groups is 2. The first-order valence-corrected chi connectivity index (χ1v) is 9.40. The SMILES string of the molecule is CC(NC(=O)c1cccc(C(=O)NCc2ccccc2Cl)c1)c1ccccc1. The van der Waals surface area contributed by atoms with Crippen LogP contribution in [-0.4, -0.2) is 11.8 Å². The van der Waals surface area contributed by atoms with Crippen LogP contribution < -0.4 is 10.6 Å². The maximum absolute atomic E-state index is 12.6. The molecule has 0 bridgehead atoms. The maximum Gasteiger partial charge on any atom is 0.251 e. The molecule has 28 heavy (non-hydrogen) atoms. The van der Waals surface area contributed by atoms with E-state index in [0.29, 0.717) is 22.7 Å². The van der Waals surface area contributed by atoms with E-state index >= 15 is 0 Å². The number of carbonyl (C=O) groups excluding carboxylic acids is 2. The van der Waals surface area contributed by atoms with Gasteiger partial charge in [0, 0.05) is 22.7 Å². The molecule has 0 saturated heterocycles. The van der Waals surface area contributed by atoms with Crippen molar-refractivity contribution < 1.29 is 9.59 Å². The normalized spacial score (nSPS) is 11.5. The molecule has 3 aromatic rings. The lowest BCUT2D eigenvalue weighted by molar-refractivity contribution is 0.0940. The number of nitrogens with one attached hydrogen (secondary N) is 2. The van der Waals surface area contributed by atoms with Gasteiger partial charge in [0.2, 0.25) is 0 Å². The van der Waals surface area contributed by atoms with Crippen LogP contribution in [0.4, 0.5) is 0 Å². The second kappa shape index (κ2) is 9.20. The molecule has 3 aromatic carbocycles. The lowest BCUT2D eigenvalue weighted by Gasteiger charge is -2.14. The zero-order valence-electron chi connectivity index (χ0n) is 15.5. The molecule has 2 N–H and O–H groups in total. The predicted molar refractivity (Wildman–Crippen MR) is 111 cm³/mol. The molecule has 0 aliphatic rings. The molecular weight excluding hydrogens is 372 g/mol. The highest BCUT2D eigenvalue weighted by atomic mass is 35.5. The number of hydrogen-bond acceptors (Lipinski definition) is 2. The van der Waals surface area contributed by atoms with E-state index < -0.39 is 0 Å². The van der Waals surface area contributed by atoms with Gasteiger partial charge in [0.05, 0.1) is 6.04 Å². The lowest BCUT2D eigenvalue weighted by atomic mass is 10.1. The average Bonchev–Trinajstić information content (AvgIpc) is 2.73. The summed E-state index contributed by atoms with van der Waals surface area (Å²) in [6, 6.07) is 23.6. The average molecular weight is 393 g/mol. The number of halogens is 1. The summed E-state index contributed by atoms with van der Waals surface area (Å²) < 4.78 is 0. The van der Waals surface area contributed by atoms with Crippen LogP contribution in [0.15, 0.2) is 78.9 Å². The zero-order valence-corrected chi connectivity index (χ0v) is 16.2. The summed E-state index contributed by atoms with van der Waals surface area (Å²) >= 11 is 6.12. The van der Waals surface area contributed by atoms with Crippen molar-refractivity contribution in [3.63, 3.8) is 0 Å². The summed E-state index contributed by atoms with van der Waals surface area (Å²) in [6.07, 6.45) is 0. The van der Waals surface area contributed by atoms with Gasteiger partial charge in [0.15, 0.2) is 0 Å². The van der Waals surface area contributed by atoms with E-state index in [9.17, 15) is 9.59 Å². The molecule has 0 saturated carbocycles. The predicted octanol–water partition coefficient (Wildman–Crippen LogP) is 4.76. The lowest BCUT2D eigenvalue weighted by Crippen LogP contribution is -2.27. The van der Waals surface area contributed by atoms with Crippen molar-refractivity contribution in [2.24, 2.45) is 0 Å². The van der Waals surface area contributed by atoms with Crippen LogP contribution in [0.5, 0.6) is 0 Å². The third kappa shape index (κ3) is 4.99. The minimum absolute atomic E-state index is 0.133. The fraction of sp³-hybridized carbons (Fsp3) is 0.130. The Labute approximate surface area is 169 Å². The van der Waals surface area contributed by atoms with Crippen LogP contribution in [0.1, 0.15) is 44.8 Å². The zero-order chi connectivity index (χ0) is 19.9. The quantitative estimate of drug-likeness (QED) is 0.635. The first-order chi connectivity index (χ1) is 13.5. The number of hydrogen-bond donors (Lipinski definition) is 2. The van der Waals surface area contributed by atoms with Crippen molar-refractivity contribution >= 4 is 23.4 Å². The van der Waals surface area contributed by atoms with Crippen LogP contribution in [0.25, 0.3) is 0 Å². The van der Waals surface area contributed by atoms with E-state index in [4.69, 9.17) is 11.6 Å². The van der Waals surface area contributed by atoms with Crippen LogP contribution in [0.3, 0.4) is 0 Å². The van der Waals surface area contributed by atoms with Gasteiger partial charge in [-0.2, -0.15) is 0 Å². The summed E-state index contributed by atoms with van der Waals surface area (Å²) in [6.45, 7) is 2.24. The second-order valence-electron chi connectivity index (χ2n) is 6.46. The van der Waals surface area contributed by atoms with Crippen LogP contribution in [0.2, 0.25) is 5.02 Å². The van der Waals surface area contributed by atoms with Gasteiger partial charge in [-0.3, -0.25) is 9.59 Å². The van der Waals surface area contributed by atoms with Crippen LogP contribution >= 0.6 is 11.6 Å². The van der Waals surface area contributed by atoms with Crippen molar-refractivity contribution in [1.29, 1.82) is 0 Å². The highest BCUT2D eigenvalue weighted by molar-refractivity contribution is 6.31. The van der Waals surface area contributed by atoms with Crippen LogP contribution in [-0.2, 0) is 6.54 Å². The summed E-state index contributed by atoms with van der Waals surface area (Å²) in [4.78, 5) is 25.0. The summed E-state index contributed by atoms with van der Waals surface area (Å²) in [5, 5.41) is 6.39. The summed E-state index contributed by atoms with van der Waals surface area (Å²) in [5.41, 5.74) is 2.72. The van der Waals surface area contributed by atoms with Gasteiger partial charge in [-0.25, -0.2) is 0 Å². The van der Waals surface area contributed by atoms with E-state index in [1.54, 1.807) is 30.3 Å². The van der Waals surface area contributed by atoms with Gasteiger partial charge in [-0.1, -0.05) is 66.2 Å². The Morgan fingerprint density at radius 3 is 2.21 bits per heavy atom. The van der Waals surface area contributed by atoms with Crippen molar-refractivity contribution in [1.82, 2.24) is 10.6 Å². The summed E-state index contributed by atoms with van der Waals surface area (Å²) in [7, 11) is 0. The van der Waals surface area contributed by atoms with Crippen molar-refractivity contribution in [3.05, 3.63) is 106 Å². The highest BCUT2D eigenvalue weighted by Crippen LogP contribution is 2.15. The van der Waals surface area contributed by atoms with Gasteiger partial charge in [0.1, 0.15) is 0 Å². The van der Waals surface area contributed by atoms with E-state index in [1.165, 1.54) is 0 Å². The molecule has 2 amide bonds. The number of amides is 2. The molecule has 142 valence electrons. The topological polar surface area (TPSA) is 58.2 Å². The molecule has 0 radical (unpaired) electrons. The Morgan fingerprint density at radius 2 is 1.50 bits per heavy atom. The first-order valence-electron chi connectivity index (χ1n) is 9.02. The van der Waals surface area contributed by atoms with E-state index in [1.807, 2.05) is 55.5 Å². The van der Waals surface area contributed by atoms with Gasteiger partial charge in [-0.15, -0.1) is 0 Å². The van der Waals surface area contributed by atoms with E-state index in [2.05, 4.69) is 10.6 Å². The smallest absolute Gasteiger partial charge is 0.251 e. The highest BCUT2D eigenvalue weighted by Gasteiger charge is 2.14. The largest absolute Gasteiger partial charge is 0.348 e. The molecule has 5 heteroatoms. The first kappa shape index (κ1) is 19.6. The van der Waals surface area contributed by atoms with Gasteiger partial charge < -0.3 is 10.6 Å². The van der Waals surface area contributed by atoms with Crippen molar-refractivity contribution in [2.75, 3.05) is 0 Å². The third-order valence-corrected chi connectivity index (χ3v) is 4.80. The summed E-state index contributed by atoms with van der Waals surface area (Å²) in [5.74, 6) is -0.484. The Balaban J connectivity index is 1.65. The van der Waals surface area contributed by atoms with Crippen molar-refractivity contribution in [2.45, 2.75) is 19.5 Å².